The Kier molecular flexibility index (Phi) is 7.71. The van der Waals surface area contributed by atoms with E-state index < -0.39 is 20.6 Å². The van der Waals surface area contributed by atoms with Crippen molar-refractivity contribution in [3.05, 3.63) is 56.5 Å². The highest BCUT2D eigenvalue weighted by molar-refractivity contribution is 9.10. The van der Waals surface area contributed by atoms with E-state index in [1.54, 1.807) is 26.0 Å². The molecule has 1 N–H and O–H groups in total. The van der Waals surface area contributed by atoms with E-state index in [4.69, 9.17) is 4.74 Å². The molecule has 2 aromatic carbocycles. The zero-order valence-electron chi connectivity index (χ0n) is 16.1. The molecule has 2 rings (SSSR count). The Bertz CT molecular complexity index is 1020. The number of nitrogens with one attached hydrogen (secondary N) is 1. The summed E-state index contributed by atoms with van der Waals surface area (Å²) >= 11 is 3.36. The number of hydrogen-bond acceptors (Lipinski definition) is 7. The van der Waals surface area contributed by atoms with Crippen LogP contribution in [-0.2, 0) is 10.0 Å². The molecule has 0 aliphatic heterocycles. The van der Waals surface area contributed by atoms with E-state index in [1.807, 2.05) is 6.07 Å². The molecule has 0 fully saturated rings. The standard InChI is InChI=1S/C18H21BrN4O5S/c1-4-22(5-2)29(26,27)15-7-8-16(17(11-15)23(24)25)21-20-12-13-10-14(19)6-9-18(13)28-3/h6-12,21H,4-5H2,1-3H3/b20-12+. The Morgan fingerprint density at radius 3 is 2.52 bits per heavy atom. The maximum atomic E-state index is 12.6. The molecule has 2 aromatic rings. The summed E-state index contributed by atoms with van der Waals surface area (Å²) < 4.78 is 32.5. The van der Waals surface area contributed by atoms with Crippen molar-refractivity contribution < 1.29 is 18.1 Å². The Labute approximate surface area is 177 Å². The van der Waals surface area contributed by atoms with Gasteiger partial charge in [-0.25, -0.2) is 8.42 Å². The van der Waals surface area contributed by atoms with Crippen molar-refractivity contribution in [3.63, 3.8) is 0 Å². The van der Waals surface area contributed by atoms with Crippen molar-refractivity contribution in [1.29, 1.82) is 0 Å². The number of methoxy groups -OCH3 is 1. The SMILES string of the molecule is CCN(CC)S(=O)(=O)c1ccc(N/N=C/c2cc(Br)ccc2OC)c([N+](=O)[O-])c1. The summed E-state index contributed by atoms with van der Waals surface area (Å²) in [7, 11) is -2.29. The highest BCUT2D eigenvalue weighted by Gasteiger charge is 2.25. The van der Waals surface area contributed by atoms with Gasteiger partial charge in [0.1, 0.15) is 11.4 Å². The normalized spacial score (nSPS) is 11.8. The number of ether oxygens (including phenoxy) is 1. The van der Waals surface area contributed by atoms with Crippen LogP contribution in [0.3, 0.4) is 0 Å². The molecule has 0 aliphatic rings. The van der Waals surface area contributed by atoms with Gasteiger partial charge in [-0.3, -0.25) is 15.5 Å². The molecular formula is C18H21BrN4O5S. The predicted molar refractivity (Wildman–Crippen MR) is 115 cm³/mol. The lowest BCUT2D eigenvalue weighted by molar-refractivity contribution is -0.384. The third-order valence-electron chi connectivity index (χ3n) is 4.09. The van der Waals surface area contributed by atoms with E-state index in [0.717, 1.165) is 10.5 Å². The van der Waals surface area contributed by atoms with E-state index in [-0.39, 0.29) is 23.7 Å². The number of halogens is 1. The summed E-state index contributed by atoms with van der Waals surface area (Å²) in [5.74, 6) is 0.578. The van der Waals surface area contributed by atoms with Gasteiger partial charge in [-0.2, -0.15) is 9.41 Å². The van der Waals surface area contributed by atoms with Crippen molar-refractivity contribution in [2.75, 3.05) is 25.6 Å². The monoisotopic (exact) mass is 484 g/mol. The summed E-state index contributed by atoms with van der Waals surface area (Å²) in [6.07, 6.45) is 1.45. The van der Waals surface area contributed by atoms with E-state index in [2.05, 4.69) is 26.5 Å². The van der Waals surface area contributed by atoms with Gasteiger partial charge in [0.2, 0.25) is 10.0 Å². The van der Waals surface area contributed by atoms with Crippen LogP contribution in [-0.4, -0.2) is 44.1 Å². The Morgan fingerprint density at radius 2 is 1.93 bits per heavy atom. The van der Waals surface area contributed by atoms with Crippen molar-refractivity contribution in [3.8, 4) is 5.75 Å². The summed E-state index contributed by atoms with van der Waals surface area (Å²) in [4.78, 5) is 10.7. The number of hydrazone groups is 1. The lowest BCUT2D eigenvalue weighted by atomic mass is 10.2. The van der Waals surface area contributed by atoms with E-state index >= 15 is 0 Å². The third-order valence-corrected chi connectivity index (χ3v) is 6.63. The lowest BCUT2D eigenvalue weighted by Gasteiger charge is -2.18. The second-order valence-electron chi connectivity index (χ2n) is 5.78. The zero-order chi connectivity index (χ0) is 21.6. The second kappa shape index (κ2) is 9.81. The first kappa shape index (κ1) is 22.8. The van der Waals surface area contributed by atoms with Crippen molar-refractivity contribution >= 4 is 43.5 Å². The highest BCUT2D eigenvalue weighted by atomic mass is 79.9. The summed E-state index contributed by atoms with van der Waals surface area (Å²) in [6, 6.07) is 9.01. The van der Waals surface area contributed by atoms with Crippen LogP contribution in [0.5, 0.6) is 5.75 Å². The average Bonchev–Trinajstić information content (AvgIpc) is 2.68. The number of benzene rings is 2. The smallest absolute Gasteiger partial charge is 0.295 e. The Balaban J connectivity index is 2.35. The maximum absolute atomic E-state index is 12.6. The quantitative estimate of drug-likeness (QED) is 0.328. The average molecular weight is 485 g/mol. The van der Waals surface area contributed by atoms with Gasteiger partial charge in [0.05, 0.1) is 23.1 Å². The molecule has 0 amide bonds. The Morgan fingerprint density at radius 1 is 1.24 bits per heavy atom. The second-order valence-corrected chi connectivity index (χ2v) is 8.64. The van der Waals surface area contributed by atoms with Crippen LogP contribution in [0.15, 0.2) is 50.9 Å². The van der Waals surface area contributed by atoms with Crippen LogP contribution < -0.4 is 10.2 Å². The molecule has 0 unspecified atom stereocenters. The molecule has 11 heteroatoms. The fourth-order valence-corrected chi connectivity index (χ4v) is 4.46. The number of nitro benzene ring substituents is 1. The molecule has 0 saturated heterocycles. The minimum absolute atomic E-state index is 0.0683. The molecule has 0 heterocycles. The molecule has 0 bridgehead atoms. The van der Waals surface area contributed by atoms with Gasteiger partial charge in [0, 0.05) is 29.2 Å². The van der Waals surface area contributed by atoms with Gasteiger partial charge in [0.25, 0.3) is 5.69 Å². The van der Waals surface area contributed by atoms with Gasteiger partial charge < -0.3 is 4.74 Å². The van der Waals surface area contributed by atoms with Crippen molar-refractivity contribution in [2.45, 2.75) is 18.7 Å². The number of rotatable bonds is 9. The topological polar surface area (TPSA) is 114 Å². The van der Waals surface area contributed by atoms with Gasteiger partial charge in [-0.1, -0.05) is 29.8 Å². The molecule has 0 spiro atoms. The molecule has 9 nitrogen and oxygen atoms in total. The number of nitrogens with zero attached hydrogens (tertiary/aromatic N) is 3. The molecule has 0 aromatic heterocycles. The predicted octanol–water partition coefficient (Wildman–Crippen LogP) is 3.84. The molecule has 0 saturated carbocycles. The van der Waals surface area contributed by atoms with Crippen LogP contribution >= 0.6 is 15.9 Å². The van der Waals surface area contributed by atoms with Crippen molar-refractivity contribution in [1.82, 2.24) is 4.31 Å². The van der Waals surface area contributed by atoms with Crippen LogP contribution in [0.2, 0.25) is 0 Å². The summed E-state index contributed by atoms with van der Waals surface area (Å²) in [5.41, 5.74) is 2.93. The first-order chi connectivity index (χ1) is 13.7. The summed E-state index contributed by atoms with van der Waals surface area (Å²) in [6.45, 7) is 3.95. The molecular weight excluding hydrogens is 464 g/mol. The fraction of sp³-hybridized carbons (Fsp3) is 0.278. The van der Waals surface area contributed by atoms with Gasteiger partial charge in [0.15, 0.2) is 0 Å². The van der Waals surface area contributed by atoms with E-state index in [9.17, 15) is 18.5 Å². The highest BCUT2D eigenvalue weighted by Crippen LogP contribution is 2.29. The minimum atomic E-state index is -3.81. The van der Waals surface area contributed by atoms with E-state index in [0.29, 0.717) is 11.3 Å². The van der Waals surface area contributed by atoms with Gasteiger partial charge >= 0.3 is 0 Å². The van der Waals surface area contributed by atoms with Crippen LogP contribution in [0.25, 0.3) is 0 Å². The molecule has 29 heavy (non-hydrogen) atoms. The van der Waals surface area contributed by atoms with Crippen LogP contribution in [0.1, 0.15) is 19.4 Å². The summed E-state index contributed by atoms with van der Waals surface area (Å²) in [5, 5.41) is 15.5. The van der Waals surface area contributed by atoms with Crippen molar-refractivity contribution in [2.24, 2.45) is 5.10 Å². The number of nitro groups is 1. The molecule has 0 aliphatic carbocycles. The third kappa shape index (κ3) is 5.31. The van der Waals surface area contributed by atoms with Crippen LogP contribution in [0, 0.1) is 10.1 Å². The van der Waals surface area contributed by atoms with Crippen LogP contribution in [0.4, 0.5) is 11.4 Å². The van der Waals surface area contributed by atoms with Gasteiger partial charge in [-0.15, -0.1) is 0 Å². The molecule has 156 valence electrons. The fourth-order valence-electron chi connectivity index (χ4n) is 2.61. The first-order valence-corrected chi connectivity index (χ1v) is 10.9. The van der Waals surface area contributed by atoms with Gasteiger partial charge in [-0.05, 0) is 30.3 Å². The zero-order valence-corrected chi connectivity index (χ0v) is 18.5. The molecule has 0 radical (unpaired) electrons. The number of sulfonamides is 1. The number of anilines is 1. The number of hydrogen-bond donors (Lipinski definition) is 1. The Hall–Kier alpha value is -2.50. The lowest BCUT2D eigenvalue weighted by Crippen LogP contribution is -2.30. The molecule has 0 atom stereocenters. The maximum Gasteiger partial charge on any atom is 0.295 e. The largest absolute Gasteiger partial charge is 0.496 e. The first-order valence-electron chi connectivity index (χ1n) is 8.65. The minimum Gasteiger partial charge on any atom is -0.496 e. The van der Waals surface area contributed by atoms with E-state index in [1.165, 1.54) is 29.8 Å².